The summed E-state index contributed by atoms with van der Waals surface area (Å²) < 4.78 is 1.68. The lowest BCUT2D eigenvalue weighted by molar-refractivity contribution is 0.475. The lowest BCUT2D eigenvalue weighted by atomic mass is 10.2. The lowest BCUT2D eigenvalue weighted by Gasteiger charge is -1.98. The van der Waals surface area contributed by atoms with Gasteiger partial charge in [0.25, 0.3) is 0 Å². The highest BCUT2D eigenvalue weighted by atomic mass is 35.5. The van der Waals surface area contributed by atoms with Gasteiger partial charge in [0.1, 0.15) is 10.8 Å². The average Bonchev–Trinajstić information content (AvgIpc) is 2.86. The van der Waals surface area contributed by atoms with Crippen molar-refractivity contribution in [2.75, 3.05) is 0 Å². The predicted molar refractivity (Wildman–Crippen MR) is 65.5 cm³/mol. The van der Waals surface area contributed by atoms with Gasteiger partial charge in [-0.05, 0) is 25.1 Å². The molecular weight excluding hydrogens is 260 g/mol. The van der Waals surface area contributed by atoms with Crippen LogP contribution in [0, 0.1) is 6.92 Å². The molecule has 5 nitrogen and oxygen atoms in total. The first-order chi connectivity index (χ1) is 8.15. The zero-order valence-corrected chi connectivity index (χ0v) is 10.3. The summed E-state index contributed by atoms with van der Waals surface area (Å²) in [4.78, 5) is 0.738. The van der Waals surface area contributed by atoms with E-state index in [0.29, 0.717) is 5.02 Å². The molecule has 0 amide bonds. The molecule has 2 aromatic heterocycles. The van der Waals surface area contributed by atoms with Crippen molar-refractivity contribution in [1.29, 1.82) is 0 Å². The number of nitrogens with zero attached hydrogens (tertiary/aromatic N) is 4. The number of phenols is 1. The van der Waals surface area contributed by atoms with Crippen LogP contribution in [-0.2, 0) is 0 Å². The molecule has 17 heavy (non-hydrogen) atoms. The summed E-state index contributed by atoms with van der Waals surface area (Å²) in [5.41, 5.74) is 0.850. The zero-order chi connectivity index (χ0) is 12.0. The van der Waals surface area contributed by atoms with Gasteiger partial charge in [-0.1, -0.05) is 22.9 Å². The number of hydrogen-bond acceptors (Lipinski definition) is 5. The Morgan fingerprint density at radius 2 is 2.18 bits per heavy atom. The zero-order valence-electron chi connectivity index (χ0n) is 8.75. The third-order valence-corrected chi connectivity index (χ3v) is 3.59. The van der Waals surface area contributed by atoms with E-state index in [-0.39, 0.29) is 5.75 Å². The topological polar surface area (TPSA) is 63.3 Å². The maximum atomic E-state index is 9.36. The standard InChI is InChI=1S/C10H7ClN4OS/c1-5-12-13-10-15(5)14-9(17-10)6-2-3-8(16)7(11)4-6/h2-4,16H,1H3. The van der Waals surface area contributed by atoms with E-state index in [0.717, 1.165) is 21.4 Å². The summed E-state index contributed by atoms with van der Waals surface area (Å²) in [6.45, 7) is 1.84. The molecule has 0 radical (unpaired) electrons. The quantitative estimate of drug-likeness (QED) is 0.735. The van der Waals surface area contributed by atoms with Crippen molar-refractivity contribution in [2.24, 2.45) is 0 Å². The summed E-state index contributed by atoms with van der Waals surface area (Å²) in [5.74, 6) is 0.807. The van der Waals surface area contributed by atoms with Crippen molar-refractivity contribution in [3.8, 4) is 16.3 Å². The third kappa shape index (κ3) is 1.65. The summed E-state index contributed by atoms with van der Waals surface area (Å²) in [5, 5.41) is 22.8. The van der Waals surface area contributed by atoms with Gasteiger partial charge < -0.3 is 5.11 Å². The Kier molecular flexibility index (Phi) is 2.27. The first-order valence-corrected chi connectivity index (χ1v) is 6.02. The highest BCUT2D eigenvalue weighted by Gasteiger charge is 2.11. The number of aromatic nitrogens is 4. The van der Waals surface area contributed by atoms with Crippen molar-refractivity contribution in [3.05, 3.63) is 29.0 Å². The Morgan fingerprint density at radius 1 is 1.35 bits per heavy atom. The van der Waals surface area contributed by atoms with E-state index in [4.69, 9.17) is 11.6 Å². The number of aryl methyl sites for hydroxylation is 1. The molecule has 7 heteroatoms. The van der Waals surface area contributed by atoms with Crippen LogP contribution in [0.3, 0.4) is 0 Å². The van der Waals surface area contributed by atoms with E-state index >= 15 is 0 Å². The second-order valence-corrected chi connectivity index (χ2v) is 4.88. The van der Waals surface area contributed by atoms with Gasteiger partial charge in [-0.25, -0.2) is 0 Å². The molecule has 1 aromatic carbocycles. The molecule has 0 spiro atoms. The van der Waals surface area contributed by atoms with Gasteiger partial charge in [0, 0.05) is 5.56 Å². The molecule has 3 rings (SSSR count). The minimum Gasteiger partial charge on any atom is -0.506 e. The van der Waals surface area contributed by atoms with Crippen LogP contribution in [0.5, 0.6) is 5.75 Å². The van der Waals surface area contributed by atoms with Crippen LogP contribution in [0.15, 0.2) is 18.2 Å². The van der Waals surface area contributed by atoms with Crippen molar-refractivity contribution in [1.82, 2.24) is 19.8 Å². The molecule has 3 aromatic rings. The number of halogens is 1. The summed E-state index contributed by atoms with van der Waals surface area (Å²) >= 11 is 7.28. The number of phenolic OH excluding ortho intramolecular Hbond substituents is 1. The van der Waals surface area contributed by atoms with Gasteiger partial charge in [0.05, 0.1) is 5.02 Å². The van der Waals surface area contributed by atoms with Gasteiger partial charge in [-0.15, -0.1) is 10.2 Å². The van der Waals surface area contributed by atoms with Gasteiger partial charge in [-0.2, -0.15) is 9.61 Å². The van der Waals surface area contributed by atoms with Crippen LogP contribution >= 0.6 is 22.9 Å². The van der Waals surface area contributed by atoms with Gasteiger partial charge in [0.2, 0.25) is 4.96 Å². The summed E-state index contributed by atoms with van der Waals surface area (Å²) in [6.07, 6.45) is 0. The molecule has 0 atom stereocenters. The number of rotatable bonds is 1. The highest BCUT2D eigenvalue weighted by molar-refractivity contribution is 7.19. The van der Waals surface area contributed by atoms with Gasteiger partial charge >= 0.3 is 0 Å². The maximum Gasteiger partial charge on any atom is 0.234 e. The lowest BCUT2D eigenvalue weighted by Crippen LogP contribution is -1.88. The molecule has 86 valence electrons. The second kappa shape index (κ2) is 3.68. The predicted octanol–water partition coefficient (Wildman–Crippen LogP) is 2.52. The number of fused-ring (bicyclic) bond motifs is 1. The van der Waals surface area contributed by atoms with Gasteiger partial charge in [0.15, 0.2) is 5.82 Å². The largest absolute Gasteiger partial charge is 0.506 e. The number of hydrogen-bond donors (Lipinski definition) is 1. The molecule has 0 bridgehead atoms. The molecule has 2 heterocycles. The molecule has 0 aliphatic carbocycles. The smallest absolute Gasteiger partial charge is 0.234 e. The van der Waals surface area contributed by atoms with E-state index < -0.39 is 0 Å². The normalized spacial score (nSPS) is 11.2. The molecular formula is C10H7ClN4OS. The van der Waals surface area contributed by atoms with Crippen molar-refractivity contribution in [3.63, 3.8) is 0 Å². The monoisotopic (exact) mass is 266 g/mol. The number of aromatic hydroxyl groups is 1. The first-order valence-electron chi connectivity index (χ1n) is 4.83. The molecule has 0 saturated heterocycles. The SMILES string of the molecule is Cc1nnc2sc(-c3ccc(O)c(Cl)c3)nn12. The highest BCUT2D eigenvalue weighted by Crippen LogP contribution is 2.31. The van der Waals surface area contributed by atoms with Crippen LogP contribution < -0.4 is 0 Å². The third-order valence-electron chi connectivity index (χ3n) is 2.34. The minimum absolute atomic E-state index is 0.0644. The van der Waals surface area contributed by atoms with Crippen LogP contribution in [0.4, 0.5) is 0 Å². The van der Waals surface area contributed by atoms with Crippen LogP contribution in [0.1, 0.15) is 5.82 Å². The Labute approximate surface area is 105 Å². The Bertz CT molecular complexity index is 705. The molecule has 1 N–H and O–H groups in total. The van der Waals surface area contributed by atoms with Crippen LogP contribution in [0.25, 0.3) is 15.5 Å². The summed E-state index contributed by atoms with van der Waals surface area (Å²) in [6, 6.07) is 4.99. The van der Waals surface area contributed by atoms with Crippen LogP contribution in [-0.4, -0.2) is 24.9 Å². The van der Waals surface area contributed by atoms with Gasteiger partial charge in [-0.3, -0.25) is 0 Å². The molecule has 0 unspecified atom stereocenters. The van der Waals surface area contributed by atoms with Crippen molar-refractivity contribution < 1.29 is 5.11 Å². The van der Waals surface area contributed by atoms with E-state index in [1.54, 1.807) is 22.7 Å². The van der Waals surface area contributed by atoms with E-state index in [1.165, 1.54) is 11.3 Å². The van der Waals surface area contributed by atoms with E-state index in [1.807, 2.05) is 6.92 Å². The molecule has 0 saturated carbocycles. The fourth-order valence-electron chi connectivity index (χ4n) is 1.47. The minimum atomic E-state index is 0.0644. The average molecular weight is 267 g/mol. The van der Waals surface area contributed by atoms with E-state index in [9.17, 15) is 5.11 Å². The second-order valence-electron chi connectivity index (χ2n) is 3.51. The fourth-order valence-corrected chi connectivity index (χ4v) is 2.53. The number of benzene rings is 1. The molecule has 0 fully saturated rings. The maximum absolute atomic E-state index is 9.36. The van der Waals surface area contributed by atoms with Crippen molar-refractivity contribution in [2.45, 2.75) is 6.92 Å². The Morgan fingerprint density at radius 3 is 2.88 bits per heavy atom. The van der Waals surface area contributed by atoms with Crippen molar-refractivity contribution >= 4 is 27.9 Å². The fraction of sp³-hybridized carbons (Fsp3) is 0.100. The van der Waals surface area contributed by atoms with Crippen LogP contribution in [0.2, 0.25) is 5.02 Å². The molecule has 0 aliphatic rings. The summed E-state index contributed by atoms with van der Waals surface area (Å²) in [7, 11) is 0. The molecule has 0 aliphatic heterocycles. The van der Waals surface area contributed by atoms with E-state index in [2.05, 4.69) is 15.3 Å². The first kappa shape index (κ1) is 10.5. The Balaban J connectivity index is 2.16. The Hall–Kier alpha value is -1.66.